The summed E-state index contributed by atoms with van der Waals surface area (Å²) >= 11 is 0. The molecule has 2 aliphatic rings. The van der Waals surface area contributed by atoms with Crippen molar-refractivity contribution in [3.05, 3.63) is 48.6 Å². The van der Waals surface area contributed by atoms with Crippen LogP contribution >= 0.6 is 0 Å². The first-order valence-electron chi connectivity index (χ1n) is 13.0. The van der Waals surface area contributed by atoms with Crippen LogP contribution in [0.4, 0.5) is 0 Å². The molecule has 1 saturated heterocycles. The van der Waals surface area contributed by atoms with Gasteiger partial charge in [-0.2, -0.15) is 15.3 Å². The van der Waals surface area contributed by atoms with E-state index in [4.69, 9.17) is 9.84 Å². The van der Waals surface area contributed by atoms with Gasteiger partial charge in [0.05, 0.1) is 24.4 Å². The number of ether oxygens (including phenoxy) is 1. The maximum absolute atomic E-state index is 9.63. The molecule has 6 rings (SSSR count). The Balaban J connectivity index is 1.10. The van der Waals surface area contributed by atoms with Crippen LogP contribution in [0.1, 0.15) is 50.5 Å². The first-order chi connectivity index (χ1) is 18.1. The second kappa shape index (κ2) is 9.56. The summed E-state index contributed by atoms with van der Waals surface area (Å²) in [7, 11) is 0. The van der Waals surface area contributed by atoms with Crippen LogP contribution in [0.15, 0.2) is 37.1 Å². The van der Waals surface area contributed by atoms with Crippen molar-refractivity contribution in [2.75, 3.05) is 13.1 Å². The Bertz CT molecular complexity index is 1440. The van der Waals surface area contributed by atoms with Crippen LogP contribution in [-0.2, 0) is 12.0 Å². The highest BCUT2D eigenvalue weighted by molar-refractivity contribution is 5.89. The van der Waals surface area contributed by atoms with Gasteiger partial charge in [-0.25, -0.2) is 15.0 Å². The van der Waals surface area contributed by atoms with Gasteiger partial charge in [0.2, 0.25) is 5.88 Å². The summed E-state index contributed by atoms with van der Waals surface area (Å²) in [4.78, 5) is 23.3. The Morgan fingerprint density at radius 2 is 2.03 bits per heavy atom. The van der Waals surface area contributed by atoms with E-state index in [0.29, 0.717) is 18.3 Å². The molecule has 1 aliphatic carbocycles. The molecule has 4 aromatic heterocycles. The van der Waals surface area contributed by atoms with E-state index in [-0.39, 0.29) is 11.6 Å². The maximum atomic E-state index is 9.63. The van der Waals surface area contributed by atoms with Crippen LogP contribution in [-0.4, -0.2) is 64.8 Å². The SMILES string of the molecule is CCc1cc(OC2CCC(N3CC(CC#N)(n4cc(-c5ncnc6[nH]ccc56)cn4)C3)CC2)nc(C)n1. The quantitative estimate of drug-likeness (QED) is 0.409. The first kappa shape index (κ1) is 23.6. The zero-order valence-corrected chi connectivity index (χ0v) is 21.3. The number of hydrogen-bond donors (Lipinski definition) is 1. The highest BCUT2D eigenvalue weighted by Crippen LogP contribution is 2.38. The van der Waals surface area contributed by atoms with Crippen LogP contribution in [0.3, 0.4) is 0 Å². The molecular weight excluding hydrogens is 466 g/mol. The lowest BCUT2D eigenvalue weighted by Crippen LogP contribution is -2.65. The minimum absolute atomic E-state index is 0.187. The fraction of sp³-hybridized carbons (Fsp3) is 0.481. The second-order valence-corrected chi connectivity index (χ2v) is 10.2. The number of likely N-dealkylation sites (tertiary alicyclic amines) is 1. The molecule has 190 valence electrons. The zero-order valence-electron chi connectivity index (χ0n) is 21.3. The molecule has 10 nitrogen and oxygen atoms in total. The Labute approximate surface area is 215 Å². The van der Waals surface area contributed by atoms with Crippen LogP contribution in [0.2, 0.25) is 0 Å². The molecule has 1 N–H and O–H groups in total. The summed E-state index contributed by atoms with van der Waals surface area (Å²) in [6.07, 6.45) is 13.0. The number of hydrogen-bond acceptors (Lipinski definition) is 8. The van der Waals surface area contributed by atoms with Gasteiger partial charge >= 0.3 is 0 Å². The third-order valence-corrected chi connectivity index (χ3v) is 7.78. The van der Waals surface area contributed by atoms with Crippen LogP contribution in [0.5, 0.6) is 5.88 Å². The molecule has 0 radical (unpaired) electrons. The molecule has 1 saturated carbocycles. The van der Waals surface area contributed by atoms with Gasteiger partial charge in [0.25, 0.3) is 0 Å². The van der Waals surface area contributed by atoms with E-state index in [9.17, 15) is 5.26 Å². The number of nitrogens with zero attached hydrogens (tertiary/aromatic N) is 8. The van der Waals surface area contributed by atoms with Gasteiger partial charge < -0.3 is 9.72 Å². The number of nitrogens with one attached hydrogen (secondary N) is 1. The average molecular weight is 498 g/mol. The molecule has 0 aromatic carbocycles. The normalized spacial score (nSPS) is 21.4. The summed E-state index contributed by atoms with van der Waals surface area (Å²) < 4.78 is 8.22. The summed E-state index contributed by atoms with van der Waals surface area (Å²) in [5.74, 6) is 1.45. The van der Waals surface area contributed by atoms with Gasteiger partial charge in [-0.05, 0) is 45.1 Å². The first-order valence-corrected chi connectivity index (χ1v) is 13.0. The van der Waals surface area contributed by atoms with E-state index in [1.807, 2.05) is 42.3 Å². The molecule has 37 heavy (non-hydrogen) atoms. The van der Waals surface area contributed by atoms with Gasteiger partial charge in [0, 0.05) is 54.2 Å². The fourth-order valence-electron chi connectivity index (χ4n) is 5.80. The molecule has 4 aromatic rings. The molecule has 0 bridgehead atoms. The summed E-state index contributed by atoms with van der Waals surface area (Å²) in [6, 6.07) is 6.85. The Morgan fingerprint density at radius 3 is 2.81 bits per heavy atom. The number of aromatic amines is 1. The Hall–Kier alpha value is -3.84. The number of aryl methyl sites for hydroxylation is 2. The molecule has 1 aliphatic heterocycles. The van der Waals surface area contributed by atoms with Crippen molar-refractivity contribution in [1.29, 1.82) is 5.26 Å². The smallest absolute Gasteiger partial charge is 0.217 e. The third-order valence-electron chi connectivity index (χ3n) is 7.78. The molecule has 5 heterocycles. The minimum Gasteiger partial charge on any atom is -0.474 e. The van der Waals surface area contributed by atoms with Crippen LogP contribution in [0.25, 0.3) is 22.3 Å². The van der Waals surface area contributed by atoms with E-state index >= 15 is 0 Å². The Kier molecular flexibility index (Phi) is 6.08. The lowest BCUT2D eigenvalue weighted by Gasteiger charge is -2.53. The van der Waals surface area contributed by atoms with Crippen molar-refractivity contribution >= 4 is 11.0 Å². The number of aromatic nitrogens is 7. The largest absolute Gasteiger partial charge is 0.474 e. The van der Waals surface area contributed by atoms with E-state index in [1.54, 1.807) is 6.33 Å². The van der Waals surface area contributed by atoms with E-state index in [1.165, 1.54) is 0 Å². The van der Waals surface area contributed by atoms with Crippen molar-refractivity contribution in [3.63, 3.8) is 0 Å². The topological polar surface area (TPSA) is 121 Å². The third kappa shape index (κ3) is 4.44. The molecule has 0 spiro atoms. The average Bonchev–Trinajstić information content (AvgIpc) is 3.56. The van der Waals surface area contributed by atoms with Crippen molar-refractivity contribution in [2.45, 2.75) is 70.1 Å². The summed E-state index contributed by atoms with van der Waals surface area (Å²) in [5, 5.41) is 15.3. The van der Waals surface area contributed by atoms with E-state index in [2.05, 4.69) is 42.8 Å². The predicted octanol–water partition coefficient (Wildman–Crippen LogP) is 3.80. The molecule has 0 unspecified atom stereocenters. The number of fused-ring (bicyclic) bond motifs is 1. The van der Waals surface area contributed by atoms with Crippen molar-refractivity contribution in [1.82, 2.24) is 39.6 Å². The van der Waals surface area contributed by atoms with Crippen molar-refractivity contribution in [3.8, 4) is 23.2 Å². The standard InChI is InChI=1S/C27H31N9O/c1-3-20-12-24(34-18(2)33-20)37-22-6-4-21(5-7-22)35-15-27(16-35,9-10-28)36-14-19(13-32-36)25-23-8-11-29-26(23)31-17-30-25/h8,11-14,17,21-22H,3-7,9,15-16H2,1-2H3,(H,29,30,31). The predicted molar refractivity (Wildman–Crippen MR) is 138 cm³/mol. The minimum atomic E-state index is -0.306. The fourth-order valence-corrected chi connectivity index (χ4v) is 5.80. The van der Waals surface area contributed by atoms with Gasteiger partial charge in [-0.3, -0.25) is 9.58 Å². The number of H-pyrrole nitrogens is 1. The van der Waals surface area contributed by atoms with Gasteiger partial charge in [0.1, 0.15) is 29.4 Å². The second-order valence-electron chi connectivity index (χ2n) is 10.2. The summed E-state index contributed by atoms with van der Waals surface area (Å²) in [5.41, 5.74) is 3.31. The maximum Gasteiger partial charge on any atom is 0.217 e. The monoisotopic (exact) mass is 497 g/mol. The van der Waals surface area contributed by atoms with Crippen molar-refractivity contribution < 1.29 is 4.74 Å². The van der Waals surface area contributed by atoms with Gasteiger partial charge in [-0.15, -0.1) is 0 Å². The van der Waals surface area contributed by atoms with Crippen LogP contribution < -0.4 is 4.74 Å². The number of rotatable bonds is 7. The summed E-state index contributed by atoms with van der Waals surface area (Å²) in [6.45, 7) is 5.66. The highest BCUT2D eigenvalue weighted by atomic mass is 16.5. The van der Waals surface area contributed by atoms with E-state index in [0.717, 1.165) is 79.0 Å². The number of nitriles is 1. The van der Waals surface area contributed by atoms with Crippen LogP contribution in [0, 0.1) is 18.3 Å². The highest BCUT2D eigenvalue weighted by Gasteiger charge is 2.48. The molecule has 2 fully saturated rings. The van der Waals surface area contributed by atoms with E-state index < -0.39 is 0 Å². The lowest BCUT2D eigenvalue weighted by atomic mass is 9.82. The van der Waals surface area contributed by atoms with Gasteiger partial charge in [-0.1, -0.05) is 6.92 Å². The molecular formula is C27H31N9O. The molecule has 10 heteroatoms. The molecule has 0 atom stereocenters. The zero-order chi connectivity index (χ0) is 25.4. The molecule has 0 amide bonds. The lowest BCUT2D eigenvalue weighted by molar-refractivity contribution is -0.0445. The van der Waals surface area contributed by atoms with Crippen molar-refractivity contribution in [2.24, 2.45) is 0 Å². The Morgan fingerprint density at radius 1 is 1.19 bits per heavy atom. The van der Waals surface area contributed by atoms with Gasteiger partial charge in [0.15, 0.2) is 0 Å².